The van der Waals surface area contributed by atoms with Crippen molar-refractivity contribution in [2.45, 2.75) is 56.3 Å². The van der Waals surface area contributed by atoms with E-state index in [4.69, 9.17) is 19.9 Å². The van der Waals surface area contributed by atoms with Gasteiger partial charge in [0.2, 0.25) is 0 Å². The summed E-state index contributed by atoms with van der Waals surface area (Å²) in [4.78, 5) is 12.9. The summed E-state index contributed by atoms with van der Waals surface area (Å²) in [6.45, 7) is 0.498. The molecule has 128 valence electrons. The van der Waals surface area contributed by atoms with Gasteiger partial charge in [0.15, 0.2) is 23.2 Å². The second-order valence-corrected chi connectivity index (χ2v) is 6.59. The average Bonchev–Trinajstić information content (AvgIpc) is 3.20. The summed E-state index contributed by atoms with van der Waals surface area (Å²) in [5, 5.41) is 10.4. The summed E-state index contributed by atoms with van der Waals surface area (Å²) in [7, 11) is 0. The fraction of sp³-hybridized carbons (Fsp3) is 0.667. The minimum Gasteiger partial charge on any atom is -0.460 e. The van der Waals surface area contributed by atoms with Crippen LogP contribution in [0.4, 0.5) is 5.82 Å². The Labute approximate surface area is 137 Å². The summed E-state index contributed by atoms with van der Waals surface area (Å²) in [6.07, 6.45) is 4.28. The minimum atomic E-state index is -0.767. The van der Waals surface area contributed by atoms with Crippen molar-refractivity contribution in [2.24, 2.45) is 0 Å². The van der Waals surface area contributed by atoms with Crippen LogP contribution in [-0.4, -0.2) is 55.6 Å². The van der Waals surface area contributed by atoms with Crippen molar-refractivity contribution >= 4 is 17.0 Å². The first-order valence-electron chi connectivity index (χ1n) is 8.32. The maximum atomic E-state index is 10.4. The van der Waals surface area contributed by atoms with E-state index in [0.29, 0.717) is 17.8 Å². The second kappa shape index (κ2) is 5.27. The molecule has 9 heteroatoms. The van der Waals surface area contributed by atoms with Crippen LogP contribution in [0.2, 0.25) is 0 Å². The van der Waals surface area contributed by atoms with E-state index in [1.54, 1.807) is 10.9 Å². The van der Waals surface area contributed by atoms with Crippen LogP contribution in [0.25, 0.3) is 11.2 Å². The maximum Gasteiger partial charge on any atom is 0.320 e. The Hall–Kier alpha value is -1.97. The molecule has 4 atom stereocenters. The molecule has 2 aromatic rings. The van der Waals surface area contributed by atoms with E-state index >= 15 is 0 Å². The topological polar surface area (TPSA) is 118 Å². The molecule has 2 aromatic heterocycles. The molecule has 3 aliphatic rings. The standard InChI is InChI=1S/C15H19N5O4/c16-12-9-13(19-15(18-12)23-7-3-1-2-4-7)20(6-17-9)14-10(21)11-8(24-14)5-22-11/h6-8,10-11,14,21H,1-5H2,(H2,16,18,19)/t8-,10-,11+,14-/m1/s1. The highest BCUT2D eigenvalue weighted by atomic mass is 16.6. The molecule has 2 saturated heterocycles. The number of nitrogens with zero attached hydrogens (tertiary/aromatic N) is 4. The molecule has 5 rings (SSSR count). The molecule has 0 radical (unpaired) electrons. The fourth-order valence-electron chi connectivity index (χ4n) is 3.68. The molecule has 0 unspecified atom stereocenters. The predicted octanol–water partition coefficient (Wildman–Crippen LogP) is 0.387. The number of anilines is 1. The molecule has 3 N–H and O–H groups in total. The van der Waals surface area contributed by atoms with Gasteiger partial charge in [-0.2, -0.15) is 9.97 Å². The number of fused-ring (bicyclic) bond motifs is 2. The molecule has 0 bridgehead atoms. The number of ether oxygens (including phenoxy) is 3. The Morgan fingerprint density at radius 1 is 1.29 bits per heavy atom. The van der Waals surface area contributed by atoms with Crippen molar-refractivity contribution in [3.8, 4) is 6.01 Å². The first-order chi connectivity index (χ1) is 11.7. The average molecular weight is 333 g/mol. The number of aliphatic hydroxyl groups is 1. The van der Waals surface area contributed by atoms with Gasteiger partial charge in [0, 0.05) is 0 Å². The molecule has 3 fully saturated rings. The van der Waals surface area contributed by atoms with Crippen LogP contribution in [0.3, 0.4) is 0 Å². The molecule has 9 nitrogen and oxygen atoms in total. The third kappa shape index (κ3) is 2.08. The zero-order chi connectivity index (χ0) is 16.3. The molecule has 2 aliphatic heterocycles. The summed E-state index contributed by atoms with van der Waals surface area (Å²) in [5.74, 6) is 0.262. The molecule has 0 amide bonds. The molecular weight excluding hydrogens is 314 g/mol. The lowest BCUT2D eigenvalue weighted by molar-refractivity contribution is -0.156. The predicted molar refractivity (Wildman–Crippen MR) is 82.3 cm³/mol. The van der Waals surface area contributed by atoms with Gasteiger partial charge in [0.1, 0.15) is 24.4 Å². The second-order valence-electron chi connectivity index (χ2n) is 6.59. The number of nitrogens with two attached hydrogens (primary N) is 1. The molecule has 24 heavy (non-hydrogen) atoms. The van der Waals surface area contributed by atoms with Crippen molar-refractivity contribution < 1.29 is 19.3 Å². The quantitative estimate of drug-likeness (QED) is 0.828. The third-order valence-corrected chi connectivity index (χ3v) is 5.04. The molecular formula is C15H19N5O4. The first kappa shape index (κ1) is 14.4. The SMILES string of the molecule is Nc1nc(OC2CCCC2)nc2c1ncn2[C@@H]1O[C@@H]2CO[C@@H]2[C@H]1O. The van der Waals surface area contributed by atoms with Gasteiger partial charge in [-0.05, 0) is 25.7 Å². The van der Waals surface area contributed by atoms with Gasteiger partial charge < -0.3 is 25.1 Å². The van der Waals surface area contributed by atoms with Gasteiger partial charge in [0.05, 0.1) is 12.9 Å². The van der Waals surface area contributed by atoms with Crippen molar-refractivity contribution in [2.75, 3.05) is 12.3 Å². The molecule has 0 aromatic carbocycles. The highest BCUT2D eigenvalue weighted by Gasteiger charge is 2.51. The van der Waals surface area contributed by atoms with Gasteiger partial charge >= 0.3 is 6.01 Å². The summed E-state index contributed by atoms with van der Waals surface area (Å²) in [6, 6.07) is 0.250. The Balaban J connectivity index is 1.51. The number of hydrogen-bond donors (Lipinski definition) is 2. The number of aliphatic hydroxyl groups excluding tert-OH is 1. The minimum absolute atomic E-state index is 0.0872. The molecule has 1 aliphatic carbocycles. The van der Waals surface area contributed by atoms with E-state index in [9.17, 15) is 5.11 Å². The lowest BCUT2D eigenvalue weighted by Crippen LogP contribution is -2.46. The number of hydrogen-bond acceptors (Lipinski definition) is 8. The van der Waals surface area contributed by atoms with Crippen LogP contribution in [0.15, 0.2) is 6.33 Å². The van der Waals surface area contributed by atoms with E-state index in [0.717, 1.165) is 25.7 Å². The summed E-state index contributed by atoms with van der Waals surface area (Å²) < 4.78 is 18.7. The molecule has 0 spiro atoms. The largest absolute Gasteiger partial charge is 0.460 e. The van der Waals surface area contributed by atoms with Gasteiger partial charge in [-0.15, -0.1) is 0 Å². The van der Waals surface area contributed by atoms with Gasteiger partial charge in [-0.3, -0.25) is 4.57 Å². The lowest BCUT2D eigenvalue weighted by atomic mass is 10.1. The van der Waals surface area contributed by atoms with Gasteiger partial charge in [-0.1, -0.05) is 0 Å². The van der Waals surface area contributed by atoms with E-state index in [1.807, 2.05) is 0 Å². The maximum absolute atomic E-state index is 10.4. The smallest absolute Gasteiger partial charge is 0.320 e. The number of nitrogen functional groups attached to an aromatic ring is 1. The zero-order valence-electron chi connectivity index (χ0n) is 13.0. The summed E-state index contributed by atoms with van der Waals surface area (Å²) >= 11 is 0. The fourth-order valence-corrected chi connectivity index (χ4v) is 3.68. The highest BCUT2D eigenvalue weighted by Crippen LogP contribution is 2.38. The number of imidazole rings is 1. The number of aromatic nitrogens is 4. The van der Waals surface area contributed by atoms with Crippen LogP contribution in [0.5, 0.6) is 6.01 Å². The van der Waals surface area contributed by atoms with Crippen LogP contribution < -0.4 is 10.5 Å². The third-order valence-electron chi connectivity index (χ3n) is 5.04. The first-order valence-corrected chi connectivity index (χ1v) is 8.32. The Bertz CT molecular complexity index is 775. The van der Waals surface area contributed by atoms with Gasteiger partial charge in [0.25, 0.3) is 0 Å². The Morgan fingerprint density at radius 3 is 2.79 bits per heavy atom. The monoisotopic (exact) mass is 333 g/mol. The van der Waals surface area contributed by atoms with Crippen LogP contribution >= 0.6 is 0 Å². The summed E-state index contributed by atoms with van der Waals surface area (Å²) in [5.41, 5.74) is 6.99. The zero-order valence-corrected chi connectivity index (χ0v) is 13.0. The van der Waals surface area contributed by atoms with Crippen LogP contribution in [0, 0.1) is 0 Å². The normalized spacial score (nSPS) is 32.9. The van der Waals surface area contributed by atoms with E-state index < -0.39 is 12.3 Å². The lowest BCUT2D eigenvalue weighted by Gasteiger charge is -2.29. The van der Waals surface area contributed by atoms with Gasteiger partial charge in [-0.25, -0.2) is 4.98 Å². The van der Waals surface area contributed by atoms with E-state index in [1.165, 1.54) is 0 Å². The molecule has 4 heterocycles. The Kier molecular flexibility index (Phi) is 3.15. The van der Waals surface area contributed by atoms with E-state index in [-0.39, 0.29) is 30.1 Å². The number of rotatable bonds is 3. The van der Waals surface area contributed by atoms with Crippen molar-refractivity contribution in [1.82, 2.24) is 19.5 Å². The highest BCUT2D eigenvalue weighted by molar-refractivity contribution is 5.82. The van der Waals surface area contributed by atoms with Crippen molar-refractivity contribution in [3.63, 3.8) is 0 Å². The van der Waals surface area contributed by atoms with Crippen LogP contribution in [0.1, 0.15) is 31.9 Å². The van der Waals surface area contributed by atoms with Crippen molar-refractivity contribution in [1.29, 1.82) is 0 Å². The molecule has 1 saturated carbocycles. The van der Waals surface area contributed by atoms with Crippen molar-refractivity contribution in [3.05, 3.63) is 6.33 Å². The Morgan fingerprint density at radius 2 is 2.12 bits per heavy atom. The van der Waals surface area contributed by atoms with E-state index in [2.05, 4.69) is 15.0 Å². The van der Waals surface area contributed by atoms with Crippen LogP contribution in [-0.2, 0) is 9.47 Å².